The molecule has 0 atom stereocenters. The van der Waals surface area contributed by atoms with Crippen LogP contribution in [0.2, 0.25) is 0 Å². The topological polar surface area (TPSA) is 129 Å². The van der Waals surface area contributed by atoms with E-state index in [1.54, 1.807) is 18.2 Å². The zero-order valence-corrected chi connectivity index (χ0v) is 19.3. The van der Waals surface area contributed by atoms with Gasteiger partial charge in [0.05, 0.1) is 23.8 Å². The van der Waals surface area contributed by atoms with Crippen molar-refractivity contribution in [2.45, 2.75) is 13.8 Å². The van der Waals surface area contributed by atoms with Crippen molar-refractivity contribution in [1.82, 2.24) is 5.43 Å². The molecule has 0 aromatic heterocycles. The standard InChI is InChI=1S/C25H23N3O7/c1-16-4-10-21(12-17(16)2)34-15-24(29)27-26-14-18-5-11-22(23(13-18)33-3)35-25(30)19-6-8-20(9-7-19)28(31)32/h4-14H,15H2,1-3H3,(H,27,29)/b26-14-. The van der Waals surface area contributed by atoms with E-state index in [9.17, 15) is 19.7 Å². The van der Waals surface area contributed by atoms with Crippen LogP contribution in [0.3, 0.4) is 0 Å². The molecule has 0 fully saturated rings. The van der Waals surface area contributed by atoms with Crippen molar-refractivity contribution >= 4 is 23.8 Å². The Hall–Kier alpha value is -4.73. The van der Waals surface area contributed by atoms with E-state index in [0.717, 1.165) is 11.1 Å². The van der Waals surface area contributed by atoms with Gasteiger partial charge in [-0.25, -0.2) is 10.2 Å². The monoisotopic (exact) mass is 477 g/mol. The van der Waals surface area contributed by atoms with Crippen molar-refractivity contribution < 1.29 is 28.7 Å². The first-order chi connectivity index (χ1) is 16.8. The summed E-state index contributed by atoms with van der Waals surface area (Å²) >= 11 is 0. The molecule has 35 heavy (non-hydrogen) atoms. The van der Waals surface area contributed by atoms with Gasteiger partial charge in [0.15, 0.2) is 18.1 Å². The van der Waals surface area contributed by atoms with Gasteiger partial charge in [-0.05, 0) is 73.0 Å². The van der Waals surface area contributed by atoms with E-state index in [1.807, 2.05) is 26.0 Å². The molecule has 0 aliphatic carbocycles. The van der Waals surface area contributed by atoms with Gasteiger partial charge < -0.3 is 14.2 Å². The Labute approximate surface area is 201 Å². The van der Waals surface area contributed by atoms with Crippen LogP contribution in [0.1, 0.15) is 27.0 Å². The summed E-state index contributed by atoms with van der Waals surface area (Å²) in [5.41, 5.74) is 5.17. The van der Waals surface area contributed by atoms with E-state index >= 15 is 0 Å². The maximum absolute atomic E-state index is 12.4. The number of nitro benzene ring substituents is 1. The van der Waals surface area contributed by atoms with Crippen molar-refractivity contribution in [3.05, 3.63) is 93.0 Å². The van der Waals surface area contributed by atoms with Crippen LogP contribution in [0.15, 0.2) is 65.8 Å². The quantitative estimate of drug-likeness (QED) is 0.162. The number of nitrogens with one attached hydrogen (secondary N) is 1. The van der Waals surface area contributed by atoms with Crippen LogP contribution in [0.5, 0.6) is 17.2 Å². The first-order valence-electron chi connectivity index (χ1n) is 10.4. The van der Waals surface area contributed by atoms with Crippen LogP contribution in [0, 0.1) is 24.0 Å². The average Bonchev–Trinajstić information content (AvgIpc) is 2.85. The van der Waals surface area contributed by atoms with Crippen LogP contribution in [0.25, 0.3) is 0 Å². The van der Waals surface area contributed by atoms with E-state index in [1.165, 1.54) is 43.7 Å². The van der Waals surface area contributed by atoms with Crippen LogP contribution >= 0.6 is 0 Å². The zero-order valence-electron chi connectivity index (χ0n) is 19.3. The molecule has 3 aromatic rings. The number of nitro groups is 1. The van der Waals surface area contributed by atoms with E-state index in [4.69, 9.17) is 14.2 Å². The van der Waals surface area contributed by atoms with Crippen molar-refractivity contribution in [2.75, 3.05) is 13.7 Å². The van der Waals surface area contributed by atoms with Gasteiger partial charge >= 0.3 is 5.97 Å². The van der Waals surface area contributed by atoms with Crippen molar-refractivity contribution in [3.63, 3.8) is 0 Å². The van der Waals surface area contributed by atoms with Crippen molar-refractivity contribution in [1.29, 1.82) is 0 Å². The summed E-state index contributed by atoms with van der Waals surface area (Å²) < 4.78 is 16.1. The Morgan fingerprint density at radius 2 is 1.74 bits per heavy atom. The Balaban J connectivity index is 1.56. The molecule has 0 saturated carbocycles. The summed E-state index contributed by atoms with van der Waals surface area (Å²) in [6, 6.07) is 15.3. The molecule has 0 heterocycles. The number of hydrazone groups is 1. The van der Waals surface area contributed by atoms with Gasteiger partial charge in [0.2, 0.25) is 0 Å². The van der Waals surface area contributed by atoms with Gasteiger partial charge in [-0.3, -0.25) is 14.9 Å². The summed E-state index contributed by atoms with van der Waals surface area (Å²) in [5.74, 6) is -0.126. The molecule has 0 unspecified atom stereocenters. The predicted octanol–water partition coefficient (Wildman–Crippen LogP) is 3.97. The molecule has 1 amide bonds. The number of amides is 1. The lowest BCUT2D eigenvalue weighted by atomic mass is 10.1. The van der Waals surface area contributed by atoms with Gasteiger partial charge in [-0.2, -0.15) is 5.10 Å². The second-order valence-corrected chi connectivity index (χ2v) is 7.43. The summed E-state index contributed by atoms with van der Waals surface area (Å²) in [7, 11) is 1.41. The molecule has 0 radical (unpaired) electrons. The lowest BCUT2D eigenvalue weighted by Gasteiger charge is -2.10. The van der Waals surface area contributed by atoms with Crippen molar-refractivity contribution in [3.8, 4) is 17.2 Å². The maximum Gasteiger partial charge on any atom is 0.343 e. The number of hydrogen-bond acceptors (Lipinski definition) is 8. The molecule has 0 spiro atoms. The molecule has 10 nitrogen and oxygen atoms in total. The Morgan fingerprint density at radius 1 is 1.00 bits per heavy atom. The van der Waals surface area contributed by atoms with E-state index < -0.39 is 16.8 Å². The number of nitrogens with zero attached hydrogens (tertiary/aromatic N) is 2. The van der Waals surface area contributed by atoms with Crippen LogP contribution < -0.4 is 19.6 Å². The van der Waals surface area contributed by atoms with Gasteiger partial charge in [0.1, 0.15) is 5.75 Å². The van der Waals surface area contributed by atoms with Gasteiger partial charge in [0.25, 0.3) is 11.6 Å². The lowest BCUT2D eigenvalue weighted by Crippen LogP contribution is -2.24. The minimum Gasteiger partial charge on any atom is -0.493 e. The fourth-order valence-electron chi connectivity index (χ4n) is 2.89. The summed E-state index contributed by atoms with van der Waals surface area (Å²) in [6.45, 7) is 3.76. The van der Waals surface area contributed by atoms with Gasteiger partial charge in [0, 0.05) is 12.1 Å². The van der Waals surface area contributed by atoms with Gasteiger partial charge in [-0.15, -0.1) is 0 Å². The predicted molar refractivity (Wildman–Crippen MR) is 128 cm³/mol. The highest BCUT2D eigenvalue weighted by Crippen LogP contribution is 2.28. The largest absolute Gasteiger partial charge is 0.493 e. The Kier molecular flexibility index (Phi) is 8.12. The maximum atomic E-state index is 12.4. The van der Waals surface area contributed by atoms with Gasteiger partial charge in [-0.1, -0.05) is 6.07 Å². The fraction of sp³-hybridized carbons (Fsp3) is 0.160. The third kappa shape index (κ3) is 6.87. The van der Waals surface area contributed by atoms with E-state index in [0.29, 0.717) is 11.3 Å². The van der Waals surface area contributed by atoms with E-state index in [2.05, 4.69) is 10.5 Å². The third-order valence-corrected chi connectivity index (χ3v) is 4.96. The SMILES string of the molecule is COc1cc(/C=N\NC(=O)COc2ccc(C)c(C)c2)ccc1OC(=O)c1ccc([N+](=O)[O-])cc1. The summed E-state index contributed by atoms with van der Waals surface area (Å²) in [6.07, 6.45) is 1.40. The first-order valence-corrected chi connectivity index (χ1v) is 10.4. The Morgan fingerprint density at radius 3 is 2.40 bits per heavy atom. The highest BCUT2D eigenvalue weighted by molar-refractivity contribution is 5.92. The molecule has 180 valence electrons. The molecule has 0 aliphatic heterocycles. The number of carbonyl (C=O) groups excluding carboxylic acids is 2. The lowest BCUT2D eigenvalue weighted by molar-refractivity contribution is -0.384. The zero-order chi connectivity index (χ0) is 25.4. The van der Waals surface area contributed by atoms with E-state index in [-0.39, 0.29) is 29.4 Å². The Bertz CT molecular complexity index is 1270. The number of benzene rings is 3. The molecule has 0 saturated heterocycles. The highest BCUT2D eigenvalue weighted by atomic mass is 16.6. The molecular formula is C25H23N3O7. The first kappa shape index (κ1) is 24.9. The molecule has 3 rings (SSSR count). The van der Waals surface area contributed by atoms with Crippen LogP contribution in [0.4, 0.5) is 5.69 Å². The number of rotatable bonds is 9. The molecule has 3 aromatic carbocycles. The number of ether oxygens (including phenoxy) is 3. The number of esters is 1. The molecule has 10 heteroatoms. The second-order valence-electron chi connectivity index (χ2n) is 7.43. The smallest absolute Gasteiger partial charge is 0.343 e. The average molecular weight is 477 g/mol. The molecule has 1 N–H and O–H groups in total. The second kappa shape index (κ2) is 11.4. The molecule has 0 aliphatic rings. The molecule has 0 bridgehead atoms. The van der Waals surface area contributed by atoms with Crippen LogP contribution in [-0.4, -0.2) is 36.7 Å². The minimum absolute atomic E-state index is 0.133. The number of aryl methyl sites for hydroxylation is 2. The van der Waals surface area contributed by atoms with Crippen molar-refractivity contribution in [2.24, 2.45) is 5.10 Å². The minimum atomic E-state index is -0.698. The highest BCUT2D eigenvalue weighted by Gasteiger charge is 2.14. The molecular weight excluding hydrogens is 454 g/mol. The number of non-ortho nitro benzene ring substituents is 1. The third-order valence-electron chi connectivity index (χ3n) is 4.96. The normalized spacial score (nSPS) is 10.6. The number of hydrogen-bond donors (Lipinski definition) is 1. The number of methoxy groups -OCH3 is 1. The summed E-state index contributed by atoms with van der Waals surface area (Å²) in [5, 5.41) is 14.6. The van der Waals surface area contributed by atoms with Crippen LogP contribution in [-0.2, 0) is 4.79 Å². The summed E-state index contributed by atoms with van der Waals surface area (Å²) in [4.78, 5) is 34.5. The fourth-order valence-corrected chi connectivity index (χ4v) is 2.89. The number of carbonyl (C=O) groups is 2.